The van der Waals surface area contributed by atoms with E-state index in [-0.39, 0.29) is 10.8 Å². The molecule has 5 heteroatoms. The SMILES string of the molecule is COC(=O)c1c(-c2ccc(C(C)C)cc2)noc1Cl. The average Bonchev–Trinajstić information content (AvgIpc) is 2.80. The van der Waals surface area contributed by atoms with Gasteiger partial charge in [-0.2, -0.15) is 0 Å². The summed E-state index contributed by atoms with van der Waals surface area (Å²) < 4.78 is 9.54. The third-order valence-electron chi connectivity index (χ3n) is 2.89. The maximum absolute atomic E-state index is 11.7. The Hall–Kier alpha value is -1.81. The number of nitrogens with zero attached hydrogens (tertiary/aromatic N) is 1. The van der Waals surface area contributed by atoms with Crippen molar-refractivity contribution in [1.82, 2.24) is 5.16 Å². The number of aromatic nitrogens is 1. The Kier molecular flexibility index (Phi) is 3.90. The maximum Gasteiger partial charge on any atom is 0.345 e. The van der Waals surface area contributed by atoms with E-state index in [0.717, 1.165) is 5.56 Å². The highest BCUT2D eigenvalue weighted by Gasteiger charge is 2.23. The van der Waals surface area contributed by atoms with Crippen molar-refractivity contribution in [2.24, 2.45) is 0 Å². The summed E-state index contributed by atoms with van der Waals surface area (Å²) in [4.78, 5) is 11.7. The van der Waals surface area contributed by atoms with Crippen LogP contribution >= 0.6 is 11.6 Å². The fourth-order valence-corrected chi connectivity index (χ4v) is 1.97. The molecule has 0 aliphatic carbocycles. The van der Waals surface area contributed by atoms with Gasteiger partial charge in [0.15, 0.2) is 0 Å². The third-order valence-corrected chi connectivity index (χ3v) is 3.15. The number of hydrogen-bond acceptors (Lipinski definition) is 4. The van der Waals surface area contributed by atoms with Crippen molar-refractivity contribution in [2.45, 2.75) is 19.8 Å². The van der Waals surface area contributed by atoms with E-state index in [1.165, 1.54) is 12.7 Å². The van der Waals surface area contributed by atoms with Crippen LogP contribution in [0.1, 0.15) is 35.7 Å². The molecule has 1 heterocycles. The molecule has 0 aliphatic rings. The third kappa shape index (κ3) is 2.63. The molecule has 0 saturated carbocycles. The zero-order chi connectivity index (χ0) is 14.0. The predicted molar refractivity (Wildman–Crippen MR) is 72.4 cm³/mol. The minimum Gasteiger partial charge on any atom is -0.465 e. The van der Waals surface area contributed by atoms with E-state index in [4.69, 9.17) is 16.1 Å². The molecule has 2 rings (SSSR count). The number of carbonyl (C=O) groups is 1. The first-order valence-corrected chi connectivity index (χ1v) is 6.26. The van der Waals surface area contributed by atoms with Crippen LogP contribution < -0.4 is 0 Å². The second-order valence-corrected chi connectivity index (χ2v) is 4.79. The zero-order valence-corrected chi connectivity index (χ0v) is 11.7. The number of esters is 1. The zero-order valence-electron chi connectivity index (χ0n) is 10.9. The van der Waals surface area contributed by atoms with Gasteiger partial charge in [-0.3, -0.25) is 0 Å². The van der Waals surface area contributed by atoms with Crippen LogP contribution in [0.3, 0.4) is 0 Å². The Bertz CT molecular complexity index is 587. The summed E-state index contributed by atoms with van der Waals surface area (Å²) in [5.41, 5.74) is 2.52. The molecule has 0 amide bonds. The van der Waals surface area contributed by atoms with Crippen molar-refractivity contribution in [3.8, 4) is 11.3 Å². The summed E-state index contributed by atoms with van der Waals surface area (Å²) in [6.07, 6.45) is 0. The summed E-state index contributed by atoms with van der Waals surface area (Å²) in [5.74, 6) is -0.121. The summed E-state index contributed by atoms with van der Waals surface area (Å²) in [6, 6.07) is 7.75. The predicted octanol–water partition coefficient (Wildman–Crippen LogP) is 3.91. The number of carbonyl (C=O) groups excluding carboxylic acids is 1. The van der Waals surface area contributed by atoms with E-state index in [1.807, 2.05) is 24.3 Å². The van der Waals surface area contributed by atoms with Crippen molar-refractivity contribution in [3.63, 3.8) is 0 Å². The van der Waals surface area contributed by atoms with Crippen molar-refractivity contribution in [2.75, 3.05) is 7.11 Å². The molecule has 0 radical (unpaired) electrons. The van der Waals surface area contributed by atoms with E-state index in [2.05, 4.69) is 23.7 Å². The lowest BCUT2D eigenvalue weighted by Gasteiger charge is -2.06. The molecule has 0 aliphatic heterocycles. The molecule has 0 atom stereocenters. The molecule has 0 N–H and O–H groups in total. The monoisotopic (exact) mass is 279 g/mol. The van der Waals surface area contributed by atoms with Gasteiger partial charge >= 0.3 is 5.97 Å². The molecular formula is C14H14ClNO3. The Morgan fingerprint density at radius 2 is 1.95 bits per heavy atom. The second kappa shape index (κ2) is 5.45. The highest BCUT2D eigenvalue weighted by Crippen LogP contribution is 2.30. The largest absolute Gasteiger partial charge is 0.465 e. The molecule has 4 nitrogen and oxygen atoms in total. The van der Waals surface area contributed by atoms with Gasteiger partial charge in [-0.25, -0.2) is 4.79 Å². The minimum absolute atomic E-state index is 0.0604. The van der Waals surface area contributed by atoms with Crippen LogP contribution in [-0.2, 0) is 4.74 Å². The maximum atomic E-state index is 11.7. The van der Waals surface area contributed by atoms with E-state index >= 15 is 0 Å². The summed E-state index contributed by atoms with van der Waals surface area (Å²) in [7, 11) is 1.29. The molecule has 1 aromatic heterocycles. The van der Waals surface area contributed by atoms with Crippen molar-refractivity contribution in [1.29, 1.82) is 0 Å². The van der Waals surface area contributed by atoms with Gasteiger partial charge in [0, 0.05) is 5.56 Å². The van der Waals surface area contributed by atoms with Gasteiger partial charge in [0.25, 0.3) is 0 Å². The fourth-order valence-electron chi connectivity index (χ4n) is 1.77. The second-order valence-electron chi connectivity index (χ2n) is 4.45. The van der Waals surface area contributed by atoms with Gasteiger partial charge in [0.1, 0.15) is 11.3 Å². The van der Waals surface area contributed by atoms with Gasteiger partial charge < -0.3 is 9.26 Å². The van der Waals surface area contributed by atoms with E-state index in [9.17, 15) is 4.79 Å². The minimum atomic E-state index is -0.561. The van der Waals surface area contributed by atoms with E-state index in [0.29, 0.717) is 11.6 Å². The number of halogens is 1. The van der Waals surface area contributed by atoms with E-state index < -0.39 is 5.97 Å². The first-order valence-electron chi connectivity index (χ1n) is 5.88. The molecule has 0 saturated heterocycles. The standard InChI is InChI=1S/C14H14ClNO3/c1-8(2)9-4-6-10(7-5-9)12-11(14(17)18-3)13(15)19-16-12/h4-8H,1-3H3. The van der Waals surface area contributed by atoms with Gasteiger partial charge in [0.05, 0.1) is 7.11 Å². The summed E-state index contributed by atoms with van der Waals surface area (Å²) in [5, 5.41) is 3.76. The lowest BCUT2D eigenvalue weighted by atomic mass is 10.00. The lowest BCUT2D eigenvalue weighted by molar-refractivity contribution is 0.0601. The van der Waals surface area contributed by atoms with Crippen LogP contribution in [0.4, 0.5) is 0 Å². The number of methoxy groups -OCH3 is 1. The molecule has 0 unspecified atom stereocenters. The van der Waals surface area contributed by atoms with Gasteiger partial charge in [-0.05, 0) is 23.1 Å². The number of rotatable bonds is 3. The highest BCUT2D eigenvalue weighted by atomic mass is 35.5. The number of benzene rings is 1. The van der Waals surface area contributed by atoms with Crippen LogP contribution in [0.2, 0.25) is 5.22 Å². The van der Waals surface area contributed by atoms with E-state index in [1.54, 1.807) is 0 Å². The first-order chi connectivity index (χ1) is 9.04. The van der Waals surface area contributed by atoms with Gasteiger partial charge in [-0.15, -0.1) is 0 Å². The van der Waals surface area contributed by atoms with Gasteiger partial charge in [-0.1, -0.05) is 43.3 Å². The normalized spacial score (nSPS) is 10.8. The Balaban J connectivity index is 2.45. The Labute approximate surface area is 116 Å². The summed E-state index contributed by atoms with van der Waals surface area (Å²) >= 11 is 5.82. The quantitative estimate of drug-likeness (QED) is 0.800. The van der Waals surface area contributed by atoms with Crippen molar-refractivity contribution in [3.05, 3.63) is 40.6 Å². The highest BCUT2D eigenvalue weighted by molar-refractivity contribution is 6.32. The van der Waals surface area contributed by atoms with Gasteiger partial charge in [0.2, 0.25) is 5.22 Å². The van der Waals surface area contributed by atoms with Crippen molar-refractivity contribution < 1.29 is 14.1 Å². The smallest absolute Gasteiger partial charge is 0.345 e. The van der Waals surface area contributed by atoms with Crippen LogP contribution in [-0.4, -0.2) is 18.2 Å². The van der Waals surface area contributed by atoms with Crippen LogP contribution in [0, 0.1) is 0 Å². The molecule has 1 aromatic carbocycles. The van der Waals surface area contributed by atoms with Crippen molar-refractivity contribution >= 4 is 17.6 Å². The number of hydrogen-bond donors (Lipinski definition) is 0. The fraction of sp³-hybridized carbons (Fsp3) is 0.286. The molecule has 0 spiro atoms. The first kappa shape index (κ1) is 13.6. The van der Waals surface area contributed by atoms with Crippen LogP contribution in [0.25, 0.3) is 11.3 Å². The number of ether oxygens (including phenoxy) is 1. The molecule has 0 fully saturated rings. The van der Waals surface area contributed by atoms with Crippen LogP contribution in [0.5, 0.6) is 0 Å². The van der Waals surface area contributed by atoms with Crippen LogP contribution in [0.15, 0.2) is 28.8 Å². The molecule has 2 aromatic rings. The average molecular weight is 280 g/mol. The molecule has 0 bridgehead atoms. The lowest BCUT2D eigenvalue weighted by Crippen LogP contribution is -2.02. The molecular weight excluding hydrogens is 266 g/mol. The topological polar surface area (TPSA) is 52.3 Å². The molecule has 19 heavy (non-hydrogen) atoms. The molecule has 100 valence electrons. The summed E-state index contributed by atoms with van der Waals surface area (Å²) in [6.45, 7) is 4.23. The Morgan fingerprint density at radius 1 is 1.32 bits per heavy atom. The Morgan fingerprint density at radius 3 is 2.47 bits per heavy atom.